The Morgan fingerprint density at radius 2 is 1.80 bits per heavy atom. The van der Waals surface area contributed by atoms with Gasteiger partial charge in [-0.25, -0.2) is 13.6 Å². The van der Waals surface area contributed by atoms with Crippen molar-refractivity contribution in [1.82, 2.24) is 0 Å². The van der Waals surface area contributed by atoms with Crippen LogP contribution in [-0.4, -0.2) is 17.0 Å². The number of carbonyl (C=O) groups excluding carboxylic acids is 1. The molecule has 1 aromatic carbocycles. The highest BCUT2D eigenvalue weighted by Crippen LogP contribution is 2.24. The number of aromatic carboxylic acids is 1. The first-order valence-electron chi connectivity index (χ1n) is 5.17. The number of amides is 1. The highest BCUT2D eigenvalue weighted by atomic mass is 79.9. The molecule has 0 aliphatic rings. The standard InChI is InChI=1S/C12H6BrF2NO3S/c13-5-3-7(15)8(4-6(5)14)16-11(17)9-1-2-10(20-9)12(18)19/h1-4H,(H,16,17)(H,18,19). The summed E-state index contributed by atoms with van der Waals surface area (Å²) in [5.74, 6) is -3.39. The second-order valence-corrected chi connectivity index (χ2v) is 5.61. The van der Waals surface area contributed by atoms with E-state index in [0.29, 0.717) is 0 Å². The van der Waals surface area contributed by atoms with Gasteiger partial charge in [0.05, 0.1) is 15.0 Å². The molecule has 2 rings (SSSR count). The zero-order chi connectivity index (χ0) is 14.9. The van der Waals surface area contributed by atoms with Crippen molar-refractivity contribution in [2.45, 2.75) is 0 Å². The van der Waals surface area contributed by atoms with Crippen LogP contribution >= 0.6 is 27.3 Å². The average Bonchev–Trinajstić information content (AvgIpc) is 2.85. The number of rotatable bonds is 3. The Bertz CT molecular complexity index is 702. The summed E-state index contributed by atoms with van der Waals surface area (Å²) in [5.41, 5.74) is -0.319. The molecule has 0 saturated heterocycles. The van der Waals surface area contributed by atoms with Gasteiger partial charge in [0.1, 0.15) is 16.5 Å². The molecule has 2 N–H and O–H groups in total. The van der Waals surface area contributed by atoms with Crippen LogP contribution in [0.15, 0.2) is 28.7 Å². The topological polar surface area (TPSA) is 66.4 Å². The fourth-order valence-electron chi connectivity index (χ4n) is 1.38. The summed E-state index contributed by atoms with van der Waals surface area (Å²) in [4.78, 5) is 22.6. The van der Waals surface area contributed by atoms with Crippen LogP contribution < -0.4 is 5.32 Å². The lowest BCUT2D eigenvalue weighted by Gasteiger charge is -2.06. The highest BCUT2D eigenvalue weighted by molar-refractivity contribution is 9.10. The summed E-state index contributed by atoms with van der Waals surface area (Å²) < 4.78 is 26.8. The van der Waals surface area contributed by atoms with Gasteiger partial charge in [-0.2, -0.15) is 0 Å². The molecule has 4 nitrogen and oxygen atoms in total. The predicted octanol–water partition coefficient (Wildman–Crippen LogP) is 3.74. The van der Waals surface area contributed by atoms with Crippen LogP contribution in [0.4, 0.5) is 14.5 Å². The Morgan fingerprint density at radius 1 is 1.15 bits per heavy atom. The maximum Gasteiger partial charge on any atom is 0.345 e. The van der Waals surface area contributed by atoms with Crippen LogP contribution in [0.1, 0.15) is 19.3 Å². The molecule has 1 amide bonds. The van der Waals surface area contributed by atoms with Crippen LogP contribution in [0, 0.1) is 11.6 Å². The molecule has 0 atom stereocenters. The summed E-state index contributed by atoms with van der Waals surface area (Å²) in [7, 11) is 0. The van der Waals surface area contributed by atoms with Crippen LogP contribution in [0.3, 0.4) is 0 Å². The van der Waals surface area contributed by atoms with E-state index in [1.165, 1.54) is 12.1 Å². The maximum absolute atomic E-state index is 13.5. The minimum atomic E-state index is -1.16. The van der Waals surface area contributed by atoms with Crippen LogP contribution in [0.5, 0.6) is 0 Å². The summed E-state index contributed by atoms with van der Waals surface area (Å²) in [6.07, 6.45) is 0. The van der Waals surface area contributed by atoms with Gasteiger partial charge in [-0.05, 0) is 34.1 Å². The molecule has 0 unspecified atom stereocenters. The molecule has 0 radical (unpaired) electrons. The van der Waals surface area contributed by atoms with Gasteiger partial charge in [-0.15, -0.1) is 11.3 Å². The largest absolute Gasteiger partial charge is 0.477 e. The summed E-state index contributed by atoms with van der Waals surface area (Å²) in [6.45, 7) is 0. The van der Waals surface area contributed by atoms with E-state index >= 15 is 0 Å². The van der Waals surface area contributed by atoms with E-state index in [2.05, 4.69) is 21.2 Å². The predicted molar refractivity (Wildman–Crippen MR) is 73.3 cm³/mol. The zero-order valence-electron chi connectivity index (χ0n) is 9.62. The lowest BCUT2D eigenvalue weighted by atomic mass is 10.3. The molecule has 0 aliphatic carbocycles. The summed E-state index contributed by atoms with van der Waals surface area (Å²) in [6, 6.07) is 4.29. The highest BCUT2D eigenvalue weighted by Gasteiger charge is 2.15. The first-order chi connectivity index (χ1) is 9.38. The first kappa shape index (κ1) is 14.6. The number of hydrogen-bond acceptors (Lipinski definition) is 3. The molecule has 0 fully saturated rings. The van der Waals surface area contributed by atoms with Crippen LogP contribution in [-0.2, 0) is 0 Å². The third kappa shape index (κ3) is 3.02. The molecule has 1 aromatic heterocycles. The Labute approximate surface area is 124 Å². The molecule has 0 saturated carbocycles. The number of hydrogen-bond donors (Lipinski definition) is 2. The number of carboxylic acid groups (broad SMARTS) is 1. The molecule has 2 aromatic rings. The smallest absolute Gasteiger partial charge is 0.345 e. The van der Waals surface area contributed by atoms with Crippen molar-refractivity contribution >= 4 is 44.8 Å². The molecule has 1 heterocycles. The van der Waals surface area contributed by atoms with Gasteiger partial charge in [-0.1, -0.05) is 0 Å². The van der Waals surface area contributed by atoms with Crippen LogP contribution in [0.25, 0.3) is 0 Å². The van der Waals surface area contributed by atoms with E-state index in [1.807, 2.05) is 0 Å². The molecular formula is C12H6BrF2NO3S. The number of carboxylic acids is 1. The van der Waals surface area contributed by atoms with E-state index in [-0.39, 0.29) is 19.9 Å². The van der Waals surface area contributed by atoms with Gasteiger partial charge < -0.3 is 10.4 Å². The van der Waals surface area contributed by atoms with Gasteiger partial charge in [0.15, 0.2) is 0 Å². The van der Waals surface area contributed by atoms with Gasteiger partial charge in [0.25, 0.3) is 5.91 Å². The number of benzene rings is 1. The minimum Gasteiger partial charge on any atom is -0.477 e. The fraction of sp³-hybridized carbons (Fsp3) is 0. The second-order valence-electron chi connectivity index (χ2n) is 3.67. The molecule has 0 bridgehead atoms. The SMILES string of the molecule is O=C(O)c1ccc(C(=O)Nc2cc(F)c(Br)cc2F)s1. The lowest BCUT2D eigenvalue weighted by Crippen LogP contribution is -2.11. The Morgan fingerprint density at radius 3 is 2.40 bits per heavy atom. The average molecular weight is 362 g/mol. The number of thiophene rings is 1. The van der Waals surface area contributed by atoms with E-state index in [9.17, 15) is 18.4 Å². The normalized spacial score (nSPS) is 10.3. The van der Waals surface area contributed by atoms with Crippen molar-refractivity contribution in [3.63, 3.8) is 0 Å². The monoisotopic (exact) mass is 361 g/mol. The third-order valence-corrected chi connectivity index (χ3v) is 3.98. The molecule has 8 heteroatoms. The fourth-order valence-corrected chi connectivity index (χ4v) is 2.43. The Hall–Kier alpha value is -1.80. The number of anilines is 1. The Balaban J connectivity index is 2.23. The summed E-state index contributed by atoms with van der Waals surface area (Å²) in [5, 5.41) is 10.9. The van der Waals surface area contributed by atoms with Gasteiger partial charge >= 0.3 is 5.97 Å². The quantitative estimate of drug-likeness (QED) is 0.818. The van der Waals surface area contributed by atoms with E-state index in [0.717, 1.165) is 23.5 Å². The van der Waals surface area contributed by atoms with Crippen molar-refractivity contribution in [2.75, 3.05) is 5.32 Å². The van der Waals surface area contributed by atoms with Crippen molar-refractivity contribution in [3.8, 4) is 0 Å². The zero-order valence-corrected chi connectivity index (χ0v) is 12.0. The summed E-state index contributed by atoms with van der Waals surface area (Å²) >= 11 is 3.56. The van der Waals surface area contributed by atoms with Gasteiger partial charge in [0.2, 0.25) is 0 Å². The minimum absolute atomic E-state index is 0.0161. The molecule has 104 valence electrons. The number of halogens is 3. The van der Waals surface area contributed by atoms with Crippen molar-refractivity contribution in [2.24, 2.45) is 0 Å². The van der Waals surface area contributed by atoms with E-state index in [4.69, 9.17) is 5.11 Å². The Kier molecular flexibility index (Phi) is 4.15. The molecular weight excluding hydrogens is 356 g/mol. The molecule has 0 spiro atoms. The van der Waals surface area contributed by atoms with E-state index < -0.39 is 23.5 Å². The van der Waals surface area contributed by atoms with Crippen molar-refractivity contribution in [3.05, 3.63) is 50.1 Å². The van der Waals surface area contributed by atoms with Gasteiger partial charge in [0, 0.05) is 6.07 Å². The number of carbonyl (C=O) groups is 2. The van der Waals surface area contributed by atoms with Gasteiger partial charge in [-0.3, -0.25) is 4.79 Å². The first-order valence-corrected chi connectivity index (χ1v) is 6.78. The number of nitrogens with one attached hydrogen (secondary N) is 1. The molecule has 20 heavy (non-hydrogen) atoms. The second kappa shape index (κ2) is 5.68. The van der Waals surface area contributed by atoms with Crippen LogP contribution in [0.2, 0.25) is 0 Å². The third-order valence-electron chi connectivity index (χ3n) is 2.30. The molecule has 0 aliphatic heterocycles. The van der Waals surface area contributed by atoms with E-state index in [1.54, 1.807) is 0 Å². The van der Waals surface area contributed by atoms with Crippen molar-refractivity contribution in [1.29, 1.82) is 0 Å². The lowest BCUT2D eigenvalue weighted by molar-refractivity contribution is 0.0702. The maximum atomic E-state index is 13.5. The van der Waals surface area contributed by atoms with Crippen molar-refractivity contribution < 1.29 is 23.5 Å².